The molecule has 2 aromatic heterocycles. The fourth-order valence-corrected chi connectivity index (χ4v) is 8.16. The normalized spacial score (nSPS) is 11.8. The van der Waals surface area contributed by atoms with Crippen molar-refractivity contribution in [1.82, 2.24) is 4.57 Å². The maximum atomic E-state index is 2.39. The predicted molar refractivity (Wildman–Crippen MR) is 182 cm³/mol. The zero-order chi connectivity index (χ0) is 27.6. The van der Waals surface area contributed by atoms with Crippen molar-refractivity contribution < 1.29 is 0 Å². The molecule has 0 fully saturated rings. The van der Waals surface area contributed by atoms with Gasteiger partial charge in [-0.15, -0.1) is 11.3 Å². The molecular formula is C40H25NS. The molecule has 0 aliphatic carbocycles. The van der Waals surface area contributed by atoms with Gasteiger partial charge in [-0.05, 0) is 51.6 Å². The lowest BCUT2D eigenvalue weighted by Gasteiger charge is -2.11. The van der Waals surface area contributed by atoms with Crippen molar-refractivity contribution in [2.75, 3.05) is 0 Å². The molecule has 2 heterocycles. The lowest BCUT2D eigenvalue weighted by atomic mass is 9.92. The number of aromatic nitrogens is 1. The Balaban J connectivity index is 1.33. The van der Waals surface area contributed by atoms with Crippen LogP contribution in [0.3, 0.4) is 0 Å². The monoisotopic (exact) mass is 551 g/mol. The lowest BCUT2D eigenvalue weighted by Crippen LogP contribution is -1.93. The van der Waals surface area contributed by atoms with Crippen LogP contribution in [0.25, 0.3) is 80.7 Å². The number of hydrogen-bond donors (Lipinski definition) is 0. The summed E-state index contributed by atoms with van der Waals surface area (Å²) in [6, 6.07) is 55.2. The molecule has 0 atom stereocenters. The highest BCUT2D eigenvalue weighted by molar-refractivity contribution is 7.24. The summed E-state index contributed by atoms with van der Waals surface area (Å²) in [6.07, 6.45) is 0. The Kier molecular flexibility index (Phi) is 5.13. The van der Waals surface area contributed by atoms with Gasteiger partial charge in [0.1, 0.15) is 0 Å². The zero-order valence-electron chi connectivity index (χ0n) is 22.8. The number of hydrogen-bond acceptors (Lipinski definition) is 1. The summed E-state index contributed by atoms with van der Waals surface area (Å²) in [4.78, 5) is 1.31. The summed E-state index contributed by atoms with van der Waals surface area (Å²) in [5.41, 5.74) is 7.46. The largest absolute Gasteiger partial charge is 0.309 e. The minimum absolute atomic E-state index is 1.18. The van der Waals surface area contributed by atoms with E-state index in [4.69, 9.17) is 0 Å². The molecule has 0 unspecified atom stereocenters. The Morgan fingerprint density at radius 3 is 1.52 bits per heavy atom. The van der Waals surface area contributed by atoms with Crippen LogP contribution in [0.2, 0.25) is 0 Å². The highest BCUT2D eigenvalue weighted by atomic mass is 32.1. The molecule has 7 aromatic carbocycles. The SMILES string of the molecule is c1ccc(-c2c(-c3ccc(-n4c5ccccc5c5ccccc54)cc3)sc3c4ccccc4c4ccccc4c23)cc1. The van der Waals surface area contributed by atoms with E-state index in [-0.39, 0.29) is 0 Å². The van der Waals surface area contributed by atoms with Gasteiger partial charge in [-0.1, -0.05) is 127 Å². The van der Waals surface area contributed by atoms with E-state index in [1.165, 1.54) is 80.7 Å². The second-order valence-corrected chi connectivity index (χ2v) is 11.9. The summed E-state index contributed by atoms with van der Waals surface area (Å²) in [5.74, 6) is 0. The Morgan fingerprint density at radius 2 is 0.881 bits per heavy atom. The van der Waals surface area contributed by atoms with Gasteiger partial charge in [0.15, 0.2) is 0 Å². The van der Waals surface area contributed by atoms with E-state index in [2.05, 4.69) is 156 Å². The highest BCUT2D eigenvalue weighted by Gasteiger charge is 2.21. The van der Waals surface area contributed by atoms with Gasteiger partial charge in [0.05, 0.1) is 11.0 Å². The molecule has 0 radical (unpaired) electrons. The summed E-state index contributed by atoms with van der Waals surface area (Å²) in [7, 11) is 0. The predicted octanol–water partition coefficient (Wildman–Crippen LogP) is 11.6. The molecule has 0 aliphatic heterocycles. The second-order valence-electron chi connectivity index (χ2n) is 10.9. The topological polar surface area (TPSA) is 4.93 Å². The van der Waals surface area contributed by atoms with E-state index in [0.717, 1.165) is 0 Å². The summed E-state index contributed by atoms with van der Waals surface area (Å²) in [6.45, 7) is 0. The van der Waals surface area contributed by atoms with Crippen molar-refractivity contribution >= 4 is 64.8 Å². The molecule has 2 heteroatoms. The maximum Gasteiger partial charge on any atom is 0.0541 e. The third-order valence-electron chi connectivity index (χ3n) is 8.60. The molecular weight excluding hydrogens is 527 g/mol. The number of nitrogens with zero attached hydrogens (tertiary/aromatic N) is 1. The third kappa shape index (κ3) is 3.36. The van der Waals surface area contributed by atoms with E-state index >= 15 is 0 Å². The van der Waals surface area contributed by atoms with Crippen LogP contribution in [0.4, 0.5) is 0 Å². The molecule has 0 spiro atoms. The molecule has 0 N–H and O–H groups in total. The van der Waals surface area contributed by atoms with E-state index in [0.29, 0.717) is 0 Å². The van der Waals surface area contributed by atoms with Gasteiger partial charge >= 0.3 is 0 Å². The summed E-state index contributed by atoms with van der Waals surface area (Å²) >= 11 is 1.92. The lowest BCUT2D eigenvalue weighted by molar-refractivity contribution is 1.18. The average molecular weight is 552 g/mol. The van der Waals surface area contributed by atoms with Crippen LogP contribution in [-0.4, -0.2) is 4.57 Å². The van der Waals surface area contributed by atoms with E-state index in [1.54, 1.807) is 0 Å². The van der Waals surface area contributed by atoms with Gasteiger partial charge in [-0.2, -0.15) is 0 Å². The second kappa shape index (κ2) is 9.17. The molecule has 0 saturated carbocycles. The smallest absolute Gasteiger partial charge is 0.0541 e. The fraction of sp³-hybridized carbons (Fsp3) is 0. The molecule has 9 aromatic rings. The first kappa shape index (κ1) is 23.5. The number of benzene rings is 7. The number of para-hydroxylation sites is 2. The first-order chi connectivity index (χ1) is 20.9. The van der Waals surface area contributed by atoms with Crippen molar-refractivity contribution in [2.45, 2.75) is 0 Å². The van der Waals surface area contributed by atoms with Crippen LogP contribution in [0.15, 0.2) is 152 Å². The molecule has 9 rings (SSSR count). The molecule has 196 valence electrons. The van der Waals surface area contributed by atoms with Crippen molar-refractivity contribution in [2.24, 2.45) is 0 Å². The van der Waals surface area contributed by atoms with Gasteiger partial charge in [-0.25, -0.2) is 0 Å². The van der Waals surface area contributed by atoms with Crippen LogP contribution >= 0.6 is 11.3 Å². The van der Waals surface area contributed by atoms with Crippen LogP contribution in [0, 0.1) is 0 Å². The van der Waals surface area contributed by atoms with Gasteiger partial charge in [0.2, 0.25) is 0 Å². The molecule has 0 amide bonds. The third-order valence-corrected chi connectivity index (χ3v) is 9.87. The minimum atomic E-state index is 1.18. The van der Waals surface area contributed by atoms with Gasteiger partial charge in [-0.3, -0.25) is 0 Å². The zero-order valence-corrected chi connectivity index (χ0v) is 23.6. The molecule has 0 saturated heterocycles. The molecule has 0 aliphatic rings. The number of thiophene rings is 1. The van der Waals surface area contributed by atoms with Crippen molar-refractivity contribution in [3.63, 3.8) is 0 Å². The van der Waals surface area contributed by atoms with Crippen molar-refractivity contribution in [3.05, 3.63) is 152 Å². The minimum Gasteiger partial charge on any atom is -0.309 e. The Hall–Kier alpha value is -5.18. The summed E-state index contributed by atoms with van der Waals surface area (Å²) in [5, 5.41) is 9.18. The molecule has 42 heavy (non-hydrogen) atoms. The van der Waals surface area contributed by atoms with Crippen LogP contribution in [0.1, 0.15) is 0 Å². The Morgan fingerprint density at radius 1 is 0.381 bits per heavy atom. The van der Waals surface area contributed by atoms with Crippen molar-refractivity contribution in [3.8, 4) is 27.3 Å². The Bertz CT molecular complexity index is 2390. The molecule has 1 nitrogen and oxygen atoms in total. The van der Waals surface area contributed by atoms with Crippen LogP contribution < -0.4 is 0 Å². The maximum absolute atomic E-state index is 2.39. The quantitative estimate of drug-likeness (QED) is 0.192. The average Bonchev–Trinajstić information content (AvgIpc) is 3.63. The number of rotatable bonds is 3. The van der Waals surface area contributed by atoms with Gasteiger partial charge < -0.3 is 4.57 Å². The first-order valence-corrected chi connectivity index (χ1v) is 15.2. The van der Waals surface area contributed by atoms with E-state index in [1.807, 2.05) is 11.3 Å². The van der Waals surface area contributed by atoms with Crippen LogP contribution in [-0.2, 0) is 0 Å². The fourth-order valence-electron chi connectivity index (χ4n) is 6.78. The van der Waals surface area contributed by atoms with Crippen molar-refractivity contribution in [1.29, 1.82) is 0 Å². The van der Waals surface area contributed by atoms with E-state index in [9.17, 15) is 0 Å². The van der Waals surface area contributed by atoms with Crippen LogP contribution in [0.5, 0.6) is 0 Å². The Labute approximate surface area is 247 Å². The first-order valence-electron chi connectivity index (χ1n) is 14.4. The highest BCUT2D eigenvalue weighted by Crippen LogP contribution is 2.50. The van der Waals surface area contributed by atoms with E-state index < -0.39 is 0 Å². The van der Waals surface area contributed by atoms with Gasteiger partial charge in [0, 0.05) is 42.4 Å². The standard InChI is InChI=1S/C40H25NS/c1-2-12-26(13-3-1)37-38-33-18-6-4-14-29(33)30-15-5-7-19-34(30)40(38)42-39(37)27-22-24-28(25-23-27)41-35-20-10-8-16-31(35)32-17-9-11-21-36(32)41/h1-25H. The summed E-state index contributed by atoms with van der Waals surface area (Å²) < 4.78 is 3.74. The number of fused-ring (bicyclic) bond motifs is 9. The molecule has 0 bridgehead atoms. The van der Waals surface area contributed by atoms with Gasteiger partial charge in [0.25, 0.3) is 0 Å².